The molecular formula is C21H24ClN3O3S2. The fourth-order valence-corrected chi connectivity index (χ4v) is 6.89. The van der Waals surface area contributed by atoms with Gasteiger partial charge in [-0.25, -0.2) is 8.42 Å². The standard InChI is InChI=1S/C21H24ClN3O3S2/c1-15(2)13-24-14-17(16-5-3-4-6-18(16)24)21(26)23-9-11-25(12-10-23)30(27,28)20-8-7-19(22)29-20/h3-8,14-15H,9-13H2,1-2H3. The molecule has 160 valence electrons. The average Bonchev–Trinajstić information content (AvgIpc) is 3.32. The minimum Gasteiger partial charge on any atom is -0.346 e. The molecule has 1 aromatic carbocycles. The van der Waals surface area contributed by atoms with Gasteiger partial charge in [-0.1, -0.05) is 43.6 Å². The van der Waals surface area contributed by atoms with Gasteiger partial charge in [-0.2, -0.15) is 4.31 Å². The molecular weight excluding hydrogens is 442 g/mol. The fourth-order valence-electron chi connectivity index (χ4n) is 3.83. The van der Waals surface area contributed by atoms with Crippen molar-refractivity contribution in [3.63, 3.8) is 0 Å². The summed E-state index contributed by atoms with van der Waals surface area (Å²) in [5.41, 5.74) is 1.72. The largest absolute Gasteiger partial charge is 0.346 e. The molecule has 0 spiro atoms. The van der Waals surface area contributed by atoms with Crippen LogP contribution in [0.5, 0.6) is 0 Å². The summed E-state index contributed by atoms with van der Waals surface area (Å²) in [6, 6.07) is 11.0. The summed E-state index contributed by atoms with van der Waals surface area (Å²) < 4.78 is 29.8. The predicted molar refractivity (Wildman–Crippen MR) is 121 cm³/mol. The zero-order valence-electron chi connectivity index (χ0n) is 16.9. The summed E-state index contributed by atoms with van der Waals surface area (Å²) in [5.74, 6) is 0.410. The highest BCUT2D eigenvalue weighted by atomic mass is 35.5. The van der Waals surface area contributed by atoms with E-state index in [0.717, 1.165) is 28.8 Å². The van der Waals surface area contributed by atoms with Crippen LogP contribution in [-0.4, -0.2) is 54.3 Å². The minimum atomic E-state index is -3.57. The molecule has 0 saturated carbocycles. The van der Waals surface area contributed by atoms with Crippen molar-refractivity contribution >= 4 is 49.8 Å². The van der Waals surface area contributed by atoms with Crippen molar-refractivity contribution in [1.29, 1.82) is 0 Å². The summed E-state index contributed by atoms with van der Waals surface area (Å²) >= 11 is 6.95. The van der Waals surface area contributed by atoms with Gasteiger partial charge in [0.25, 0.3) is 15.9 Å². The van der Waals surface area contributed by atoms with Crippen LogP contribution in [0, 0.1) is 5.92 Å². The number of piperazine rings is 1. The summed E-state index contributed by atoms with van der Waals surface area (Å²) in [7, 11) is -3.57. The number of fused-ring (bicyclic) bond motifs is 1. The van der Waals surface area contributed by atoms with E-state index < -0.39 is 10.0 Å². The summed E-state index contributed by atoms with van der Waals surface area (Å²) in [4.78, 5) is 15.0. The van der Waals surface area contributed by atoms with Gasteiger partial charge < -0.3 is 9.47 Å². The molecule has 1 saturated heterocycles. The van der Waals surface area contributed by atoms with Crippen molar-refractivity contribution in [3.05, 3.63) is 52.5 Å². The van der Waals surface area contributed by atoms with Crippen LogP contribution < -0.4 is 0 Å². The monoisotopic (exact) mass is 465 g/mol. The number of carbonyl (C=O) groups is 1. The number of thiophene rings is 1. The van der Waals surface area contributed by atoms with Gasteiger partial charge in [-0.15, -0.1) is 11.3 Å². The van der Waals surface area contributed by atoms with Gasteiger partial charge in [0.15, 0.2) is 0 Å². The second-order valence-corrected chi connectivity index (χ2v) is 11.7. The Morgan fingerprint density at radius 1 is 1.10 bits per heavy atom. The van der Waals surface area contributed by atoms with Gasteiger partial charge in [-0.05, 0) is 24.1 Å². The first-order valence-corrected chi connectivity index (χ1v) is 12.5. The molecule has 30 heavy (non-hydrogen) atoms. The van der Waals surface area contributed by atoms with Crippen LogP contribution in [0.25, 0.3) is 10.9 Å². The lowest BCUT2D eigenvalue weighted by Gasteiger charge is -2.33. The van der Waals surface area contributed by atoms with Crippen LogP contribution in [0.2, 0.25) is 4.34 Å². The third-order valence-corrected chi connectivity index (χ3v) is 8.85. The van der Waals surface area contributed by atoms with Crippen molar-refractivity contribution in [2.75, 3.05) is 26.2 Å². The topological polar surface area (TPSA) is 62.6 Å². The zero-order chi connectivity index (χ0) is 21.5. The number of amides is 1. The molecule has 2 aromatic heterocycles. The third kappa shape index (κ3) is 4.01. The van der Waals surface area contributed by atoms with E-state index in [1.54, 1.807) is 11.0 Å². The van der Waals surface area contributed by atoms with E-state index in [4.69, 9.17) is 11.6 Å². The molecule has 1 aliphatic rings. The molecule has 0 atom stereocenters. The number of hydrogen-bond acceptors (Lipinski definition) is 4. The molecule has 0 radical (unpaired) electrons. The molecule has 1 amide bonds. The van der Waals surface area contributed by atoms with E-state index in [-0.39, 0.29) is 23.2 Å². The molecule has 1 aliphatic heterocycles. The lowest BCUT2D eigenvalue weighted by atomic mass is 10.1. The first-order valence-electron chi connectivity index (χ1n) is 9.90. The van der Waals surface area contributed by atoms with Crippen molar-refractivity contribution in [2.45, 2.75) is 24.6 Å². The molecule has 0 unspecified atom stereocenters. The van der Waals surface area contributed by atoms with E-state index >= 15 is 0 Å². The Balaban J connectivity index is 1.53. The second-order valence-electron chi connectivity index (χ2n) is 7.86. The normalized spacial score (nSPS) is 15.9. The van der Waals surface area contributed by atoms with Gasteiger partial charge in [-0.3, -0.25) is 4.79 Å². The Morgan fingerprint density at radius 2 is 1.80 bits per heavy atom. The first-order chi connectivity index (χ1) is 14.3. The van der Waals surface area contributed by atoms with E-state index in [2.05, 4.69) is 18.4 Å². The highest BCUT2D eigenvalue weighted by Crippen LogP contribution is 2.29. The van der Waals surface area contributed by atoms with Crippen LogP contribution in [0.3, 0.4) is 0 Å². The average molecular weight is 466 g/mol. The maximum atomic E-state index is 13.3. The quantitative estimate of drug-likeness (QED) is 0.568. The van der Waals surface area contributed by atoms with Crippen LogP contribution in [0.1, 0.15) is 24.2 Å². The number of sulfonamides is 1. The van der Waals surface area contributed by atoms with E-state index in [9.17, 15) is 13.2 Å². The number of aromatic nitrogens is 1. The lowest BCUT2D eigenvalue weighted by molar-refractivity contribution is 0.0699. The number of nitrogens with zero attached hydrogens (tertiary/aromatic N) is 3. The Hall–Kier alpha value is -1.87. The Bertz CT molecular complexity index is 1180. The van der Waals surface area contributed by atoms with E-state index in [1.807, 2.05) is 30.5 Å². The van der Waals surface area contributed by atoms with Crippen LogP contribution in [-0.2, 0) is 16.6 Å². The van der Waals surface area contributed by atoms with Gasteiger partial charge in [0, 0.05) is 49.8 Å². The molecule has 0 aliphatic carbocycles. The van der Waals surface area contributed by atoms with Gasteiger partial charge in [0.2, 0.25) is 0 Å². The molecule has 3 aromatic rings. The summed E-state index contributed by atoms with van der Waals surface area (Å²) in [6.07, 6.45) is 1.93. The highest BCUT2D eigenvalue weighted by Gasteiger charge is 2.32. The predicted octanol–water partition coefficient (Wildman–Crippen LogP) is 4.16. The number of carbonyl (C=O) groups excluding carboxylic acids is 1. The third-order valence-electron chi connectivity index (χ3n) is 5.25. The molecule has 3 heterocycles. The van der Waals surface area contributed by atoms with Gasteiger partial charge in [0.05, 0.1) is 9.90 Å². The van der Waals surface area contributed by atoms with Gasteiger partial charge >= 0.3 is 0 Å². The van der Waals surface area contributed by atoms with Crippen molar-refractivity contribution in [1.82, 2.24) is 13.8 Å². The number of para-hydroxylation sites is 1. The molecule has 9 heteroatoms. The van der Waals surface area contributed by atoms with Crippen molar-refractivity contribution in [3.8, 4) is 0 Å². The lowest BCUT2D eigenvalue weighted by Crippen LogP contribution is -2.50. The maximum absolute atomic E-state index is 13.3. The van der Waals surface area contributed by atoms with Crippen LogP contribution >= 0.6 is 22.9 Å². The van der Waals surface area contributed by atoms with E-state index in [1.165, 1.54) is 10.4 Å². The Kier molecular flexibility index (Phi) is 5.94. The first kappa shape index (κ1) is 21.4. The molecule has 4 rings (SSSR count). The zero-order valence-corrected chi connectivity index (χ0v) is 19.3. The SMILES string of the molecule is CC(C)Cn1cc(C(=O)N2CCN(S(=O)(=O)c3ccc(Cl)s3)CC2)c2ccccc21. The smallest absolute Gasteiger partial charge is 0.256 e. The van der Waals surface area contributed by atoms with Gasteiger partial charge in [0.1, 0.15) is 4.21 Å². The number of benzene rings is 1. The second kappa shape index (κ2) is 8.34. The summed E-state index contributed by atoms with van der Waals surface area (Å²) in [6.45, 7) is 6.40. The molecule has 6 nitrogen and oxygen atoms in total. The number of halogens is 1. The van der Waals surface area contributed by atoms with Crippen LogP contribution in [0.15, 0.2) is 46.8 Å². The molecule has 0 bridgehead atoms. The number of rotatable bonds is 5. The fraction of sp³-hybridized carbons (Fsp3) is 0.381. The van der Waals surface area contributed by atoms with E-state index in [0.29, 0.717) is 28.9 Å². The van der Waals surface area contributed by atoms with Crippen molar-refractivity contribution in [2.24, 2.45) is 5.92 Å². The van der Waals surface area contributed by atoms with Crippen molar-refractivity contribution < 1.29 is 13.2 Å². The summed E-state index contributed by atoms with van der Waals surface area (Å²) in [5, 5.41) is 0.937. The maximum Gasteiger partial charge on any atom is 0.256 e. The molecule has 0 N–H and O–H groups in total. The number of hydrogen-bond donors (Lipinski definition) is 0. The molecule has 1 fully saturated rings. The Labute approximate surface area is 185 Å². The van der Waals surface area contributed by atoms with Crippen LogP contribution in [0.4, 0.5) is 0 Å². The Morgan fingerprint density at radius 3 is 2.43 bits per heavy atom. The highest BCUT2D eigenvalue weighted by molar-refractivity contribution is 7.91. The minimum absolute atomic E-state index is 0.0510.